The molecule has 1 aliphatic carbocycles. The van der Waals surface area contributed by atoms with Gasteiger partial charge in [-0.15, -0.1) is 0 Å². The minimum absolute atomic E-state index is 0.156. The first-order chi connectivity index (χ1) is 11.5. The van der Waals surface area contributed by atoms with E-state index in [0.717, 1.165) is 29.9 Å². The van der Waals surface area contributed by atoms with Crippen LogP contribution in [-0.2, 0) is 6.54 Å². The molecular weight excluding hydrogens is 307 g/mol. The third-order valence-electron chi connectivity index (χ3n) is 4.43. The van der Waals surface area contributed by atoms with Crippen molar-refractivity contribution < 1.29 is 13.6 Å². The first-order valence-electron chi connectivity index (χ1n) is 8.33. The Morgan fingerprint density at radius 3 is 2.67 bits per heavy atom. The fourth-order valence-corrected chi connectivity index (χ4v) is 2.99. The summed E-state index contributed by atoms with van der Waals surface area (Å²) in [5.74, 6) is 1.37. The number of rotatable bonds is 5. The van der Waals surface area contributed by atoms with Gasteiger partial charge < -0.3 is 14.6 Å². The maximum atomic E-state index is 13.9. The molecule has 1 saturated carbocycles. The van der Waals surface area contributed by atoms with E-state index in [4.69, 9.17) is 4.42 Å². The van der Waals surface area contributed by atoms with Gasteiger partial charge in [0.15, 0.2) is 0 Å². The van der Waals surface area contributed by atoms with E-state index in [-0.39, 0.29) is 23.9 Å². The monoisotopic (exact) mass is 330 g/mol. The quantitative estimate of drug-likeness (QED) is 0.879. The molecule has 1 N–H and O–H groups in total. The van der Waals surface area contributed by atoms with Crippen LogP contribution in [0.2, 0.25) is 0 Å². The second-order valence-corrected chi connectivity index (χ2v) is 6.49. The molecular formula is C19H23FN2O2. The van der Waals surface area contributed by atoms with Crippen LogP contribution >= 0.6 is 0 Å². The standard InChI is InChI=1S/C19H23FN2O2/c1-12-10-17(14(3)24-12)13(2)21-19(23)22(16-8-9-16)11-15-6-4-5-7-18(15)20/h4-7,10,13,16H,8-9,11H2,1-3H3,(H,21,23). The molecule has 0 spiro atoms. The zero-order chi connectivity index (χ0) is 17.3. The summed E-state index contributed by atoms with van der Waals surface area (Å²) in [5.41, 5.74) is 1.52. The molecule has 1 fully saturated rings. The van der Waals surface area contributed by atoms with Crippen LogP contribution in [0.15, 0.2) is 34.7 Å². The minimum Gasteiger partial charge on any atom is -0.466 e. The van der Waals surface area contributed by atoms with Gasteiger partial charge >= 0.3 is 6.03 Å². The van der Waals surface area contributed by atoms with Crippen molar-refractivity contribution in [1.29, 1.82) is 0 Å². The highest BCUT2D eigenvalue weighted by Gasteiger charge is 2.33. The molecule has 0 aliphatic heterocycles. The Bertz CT molecular complexity index is 737. The first kappa shape index (κ1) is 16.6. The van der Waals surface area contributed by atoms with Crippen LogP contribution in [-0.4, -0.2) is 17.0 Å². The third-order valence-corrected chi connectivity index (χ3v) is 4.43. The van der Waals surface area contributed by atoms with Crippen molar-refractivity contribution in [1.82, 2.24) is 10.2 Å². The van der Waals surface area contributed by atoms with E-state index in [1.54, 1.807) is 23.1 Å². The number of amides is 2. The number of nitrogens with zero attached hydrogens (tertiary/aromatic N) is 1. The Morgan fingerprint density at radius 1 is 1.38 bits per heavy atom. The summed E-state index contributed by atoms with van der Waals surface area (Å²) in [5, 5.41) is 3.02. The van der Waals surface area contributed by atoms with E-state index in [1.807, 2.05) is 26.8 Å². The molecule has 5 heteroatoms. The Labute approximate surface area is 141 Å². The van der Waals surface area contributed by atoms with Gasteiger partial charge in [-0.2, -0.15) is 0 Å². The van der Waals surface area contributed by atoms with Gasteiger partial charge in [-0.25, -0.2) is 9.18 Å². The fraction of sp³-hybridized carbons (Fsp3) is 0.421. The zero-order valence-corrected chi connectivity index (χ0v) is 14.3. The largest absolute Gasteiger partial charge is 0.466 e. The molecule has 4 nitrogen and oxygen atoms in total. The summed E-state index contributed by atoms with van der Waals surface area (Å²) in [6.07, 6.45) is 1.94. The fourth-order valence-electron chi connectivity index (χ4n) is 2.99. The van der Waals surface area contributed by atoms with Crippen LogP contribution in [0.5, 0.6) is 0 Å². The Balaban J connectivity index is 1.71. The molecule has 0 saturated heterocycles. The van der Waals surface area contributed by atoms with Crippen molar-refractivity contribution in [2.75, 3.05) is 0 Å². The second kappa shape index (κ2) is 6.67. The molecule has 2 amide bonds. The third kappa shape index (κ3) is 3.61. The number of halogens is 1. The second-order valence-electron chi connectivity index (χ2n) is 6.49. The van der Waals surface area contributed by atoms with Crippen molar-refractivity contribution in [3.05, 3.63) is 58.8 Å². The Kier molecular flexibility index (Phi) is 4.60. The molecule has 1 aromatic heterocycles. The summed E-state index contributed by atoms with van der Waals surface area (Å²) in [7, 11) is 0. The molecule has 0 bridgehead atoms. The summed E-state index contributed by atoms with van der Waals surface area (Å²) in [4.78, 5) is 14.4. The van der Waals surface area contributed by atoms with E-state index < -0.39 is 0 Å². The molecule has 1 aliphatic rings. The summed E-state index contributed by atoms with van der Waals surface area (Å²) < 4.78 is 19.4. The van der Waals surface area contributed by atoms with E-state index >= 15 is 0 Å². The van der Waals surface area contributed by atoms with Crippen LogP contribution in [0.25, 0.3) is 0 Å². The number of urea groups is 1. The van der Waals surface area contributed by atoms with Crippen LogP contribution in [0.4, 0.5) is 9.18 Å². The van der Waals surface area contributed by atoms with Gasteiger partial charge in [0.25, 0.3) is 0 Å². The van der Waals surface area contributed by atoms with E-state index in [9.17, 15) is 9.18 Å². The van der Waals surface area contributed by atoms with Crippen molar-refractivity contribution in [3.8, 4) is 0 Å². The van der Waals surface area contributed by atoms with Crippen LogP contribution < -0.4 is 5.32 Å². The number of hydrogen-bond donors (Lipinski definition) is 1. The van der Waals surface area contributed by atoms with Crippen molar-refractivity contribution in [3.63, 3.8) is 0 Å². The van der Waals surface area contributed by atoms with Gasteiger partial charge in [0.05, 0.1) is 12.6 Å². The van der Waals surface area contributed by atoms with Gasteiger partial charge in [0.2, 0.25) is 0 Å². The maximum Gasteiger partial charge on any atom is 0.318 e. The Morgan fingerprint density at radius 2 is 2.08 bits per heavy atom. The normalized spacial score (nSPS) is 15.2. The Hall–Kier alpha value is -2.30. The smallest absolute Gasteiger partial charge is 0.318 e. The minimum atomic E-state index is -0.273. The lowest BCUT2D eigenvalue weighted by molar-refractivity contribution is 0.188. The molecule has 128 valence electrons. The summed E-state index contributed by atoms with van der Waals surface area (Å²) in [6.45, 7) is 6.01. The number of nitrogens with one attached hydrogen (secondary N) is 1. The number of aryl methyl sites for hydroxylation is 2. The number of hydrogen-bond acceptors (Lipinski definition) is 2. The van der Waals surface area contributed by atoms with Gasteiger partial charge in [0, 0.05) is 17.2 Å². The van der Waals surface area contributed by atoms with Gasteiger partial charge in [-0.05, 0) is 45.7 Å². The summed E-state index contributed by atoms with van der Waals surface area (Å²) >= 11 is 0. The predicted octanol–water partition coefficient (Wildman–Crippen LogP) is 4.47. The van der Waals surface area contributed by atoms with Gasteiger partial charge in [-0.3, -0.25) is 0 Å². The van der Waals surface area contributed by atoms with Crippen molar-refractivity contribution in [2.45, 2.75) is 52.2 Å². The lowest BCUT2D eigenvalue weighted by atomic mass is 10.1. The lowest BCUT2D eigenvalue weighted by Gasteiger charge is -2.25. The van der Waals surface area contributed by atoms with Crippen LogP contribution in [0.3, 0.4) is 0 Å². The van der Waals surface area contributed by atoms with E-state index in [2.05, 4.69) is 5.32 Å². The molecule has 1 aromatic carbocycles. The SMILES string of the molecule is Cc1cc(C(C)NC(=O)N(Cc2ccccc2F)C2CC2)c(C)o1. The van der Waals surface area contributed by atoms with E-state index in [0.29, 0.717) is 12.1 Å². The van der Waals surface area contributed by atoms with Crippen LogP contribution in [0.1, 0.15) is 48.5 Å². The van der Waals surface area contributed by atoms with Crippen LogP contribution in [0, 0.1) is 19.7 Å². The van der Waals surface area contributed by atoms with Crippen molar-refractivity contribution in [2.24, 2.45) is 0 Å². The van der Waals surface area contributed by atoms with Gasteiger partial charge in [0.1, 0.15) is 17.3 Å². The summed E-state index contributed by atoms with van der Waals surface area (Å²) in [6, 6.07) is 8.43. The number of furan rings is 1. The molecule has 2 aromatic rings. The number of carbonyl (C=O) groups is 1. The predicted molar refractivity (Wildman–Crippen MR) is 90.1 cm³/mol. The zero-order valence-electron chi connectivity index (χ0n) is 14.3. The molecule has 1 unspecified atom stereocenters. The highest BCUT2D eigenvalue weighted by atomic mass is 19.1. The first-order valence-corrected chi connectivity index (χ1v) is 8.33. The number of carbonyl (C=O) groups excluding carboxylic acids is 1. The van der Waals surface area contributed by atoms with Gasteiger partial charge in [-0.1, -0.05) is 18.2 Å². The molecule has 1 heterocycles. The lowest BCUT2D eigenvalue weighted by Crippen LogP contribution is -2.42. The molecule has 24 heavy (non-hydrogen) atoms. The highest BCUT2D eigenvalue weighted by molar-refractivity contribution is 5.75. The maximum absolute atomic E-state index is 13.9. The highest BCUT2D eigenvalue weighted by Crippen LogP contribution is 2.30. The average Bonchev–Trinajstić information content (AvgIpc) is 3.30. The topological polar surface area (TPSA) is 45.5 Å². The molecule has 1 atom stereocenters. The van der Waals surface area contributed by atoms with E-state index in [1.165, 1.54) is 6.07 Å². The van der Waals surface area contributed by atoms with Crippen molar-refractivity contribution >= 4 is 6.03 Å². The number of benzene rings is 1. The molecule has 0 radical (unpaired) electrons. The average molecular weight is 330 g/mol. The molecule has 3 rings (SSSR count).